The van der Waals surface area contributed by atoms with Gasteiger partial charge in [0, 0.05) is 17.5 Å². The van der Waals surface area contributed by atoms with E-state index in [1.54, 1.807) is 6.92 Å². The lowest BCUT2D eigenvalue weighted by atomic mass is 10.1. The van der Waals surface area contributed by atoms with Crippen molar-refractivity contribution >= 4 is 23.7 Å². The average molecular weight is 335 g/mol. The maximum Gasteiger partial charge on any atom is 0.243 e. The van der Waals surface area contributed by atoms with Gasteiger partial charge in [-0.25, -0.2) is 10.1 Å². The second-order valence-electron chi connectivity index (χ2n) is 5.44. The minimum atomic E-state index is -0.462. The quantitative estimate of drug-likeness (QED) is 0.675. The number of carbonyl (C=O) groups excluding carboxylic acids is 1. The van der Waals surface area contributed by atoms with Gasteiger partial charge in [-0.2, -0.15) is 14.6 Å². The summed E-state index contributed by atoms with van der Waals surface area (Å²) in [5.74, 6) is -0.529. The second kappa shape index (κ2) is 6.50. The number of amides is 1. The van der Waals surface area contributed by atoms with Gasteiger partial charge >= 0.3 is 0 Å². The molecule has 1 saturated carbocycles. The SMILES string of the molecule is CCn1ncc(/C=N\NC(=O)[C@H]2C[C@H]2c2ccc(Cl)cc2)c1F. The summed E-state index contributed by atoms with van der Waals surface area (Å²) in [7, 11) is 0. The molecule has 0 spiro atoms. The number of hydrazone groups is 1. The number of halogens is 2. The Morgan fingerprint density at radius 3 is 2.91 bits per heavy atom. The zero-order chi connectivity index (χ0) is 16.4. The van der Waals surface area contributed by atoms with Gasteiger partial charge in [-0.1, -0.05) is 23.7 Å². The van der Waals surface area contributed by atoms with Gasteiger partial charge in [0.25, 0.3) is 0 Å². The number of rotatable bonds is 5. The van der Waals surface area contributed by atoms with E-state index in [1.807, 2.05) is 24.3 Å². The normalized spacial score (nSPS) is 20.0. The molecule has 2 atom stereocenters. The second-order valence-corrected chi connectivity index (χ2v) is 5.88. The van der Waals surface area contributed by atoms with E-state index in [2.05, 4.69) is 15.6 Å². The molecular formula is C16H16ClFN4O. The standard InChI is InChI=1S/C16H16ClFN4O/c1-2-22-15(18)11(9-20-22)8-19-21-16(23)14-7-13(14)10-3-5-12(17)6-4-10/h3-6,8-9,13-14H,2,7H2,1H3,(H,21,23)/b19-8-/t13-,14-/m0/s1. The highest BCUT2D eigenvalue weighted by Crippen LogP contribution is 2.47. The van der Waals surface area contributed by atoms with Gasteiger partial charge < -0.3 is 0 Å². The molecule has 5 nitrogen and oxygen atoms in total. The van der Waals surface area contributed by atoms with Gasteiger partial charge in [-0.05, 0) is 37.0 Å². The highest BCUT2D eigenvalue weighted by atomic mass is 35.5. The first kappa shape index (κ1) is 15.7. The number of benzene rings is 1. The van der Waals surface area contributed by atoms with E-state index in [0.717, 1.165) is 12.0 Å². The molecule has 2 aromatic rings. The Hall–Kier alpha value is -2.21. The van der Waals surface area contributed by atoms with Crippen molar-refractivity contribution in [3.05, 3.63) is 52.6 Å². The zero-order valence-electron chi connectivity index (χ0n) is 12.5. The maximum atomic E-state index is 13.7. The van der Waals surface area contributed by atoms with E-state index in [1.165, 1.54) is 17.1 Å². The molecule has 1 heterocycles. The highest BCUT2D eigenvalue weighted by molar-refractivity contribution is 6.30. The average Bonchev–Trinajstić information content (AvgIpc) is 3.27. The zero-order valence-corrected chi connectivity index (χ0v) is 13.3. The Morgan fingerprint density at radius 1 is 1.52 bits per heavy atom. The number of hydrogen-bond donors (Lipinski definition) is 1. The van der Waals surface area contributed by atoms with Crippen LogP contribution < -0.4 is 5.43 Å². The summed E-state index contributed by atoms with van der Waals surface area (Å²) < 4.78 is 15.0. The highest BCUT2D eigenvalue weighted by Gasteiger charge is 2.43. The lowest BCUT2D eigenvalue weighted by molar-refractivity contribution is -0.122. The number of nitrogens with zero attached hydrogens (tertiary/aromatic N) is 3. The van der Waals surface area contributed by atoms with Crippen LogP contribution in [-0.2, 0) is 11.3 Å². The summed E-state index contributed by atoms with van der Waals surface area (Å²) in [6.07, 6.45) is 3.43. The first-order chi connectivity index (χ1) is 11.1. The topological polar surface area (TPSA) is 59.3 Å². The van der Waals surface area contributed by atoms with Crippen molar-refractivity contribution < 1.29 is 9.18 Å². The molecule has 1 aromatic heterocycles. The first-order valence-corrected chi connectivity index (χ1v) is 7.77. The molecule has 1 N–H and O–H groups in total. The molecule has 0 radical (unpaired) electrons. The predicted octanol–water partition coefficient (Wildman–Crippen LogP) is 2.95. The largest absolute Gasteiger partial charge is 0.273 e. The van der Waals surface area contributed by atoms with Crippen LogP contribution in [0.4, 0.5) is 4.39 Å². The third kappa shape index (κ3) is 3.42. The molecule has 120 valence electrons. The van der Waals surface area contributed by atoms with Gasteiger partial charge in [0.2, 0.25) is 11.9 Å². The molecule has 0 unspecified atom stereocenters. The molecule has 1 fully saturated rings. The fourth-order valence-corrected chi connectivity index (χ4v) is 2.63. The Kier molecular flexibility index (Phi) is 4.43. The van der Waals surface area contributed by atoms with E-state index >= 15 is 0 Å². The molecule has 1 aromatic carbocycles. The molecular weight excluding hydrogens is 319 g/mol. The van der Waals surface area contributed by atoms with Crippen molar-refractivity contribution in [2.45, 2.75) is 25.8 Å². The summed E-state index contributed by atoms with van der Waals surface area (Å²) in [6, 6.07) is 7.49. The smallest absolute Gasteiger partial charge is 0.243 e. The molecule has 1 aliphatic rings. The number of nitrogens with one attached hydrogen (secondary N) is 1. The third-order valence-electron chi connectivity index (χ3n) is 3.90. The Morgan fingerprint density at radius 2 is 2.26 bits per heavy atom. The minimum Gasteiger partial charge on any atom is -0.273 e. The van der Waals surface area contributed by atoms with Crippen molar-refractivity contribution in [3.63, 3.8) is 0 Å². The predicted molar refractivity (Wildman–Crippen MR) is 85.9 cm³/mol. The van der Waals surface area contributed by atoms with Crippen LogP contribution in [-0.4, -0.2) is 21.9 Å². The number of aryl methyl sites for hydroxylation is 1. The molecule has 1 amide bonds. The number of hydrogen-bond acceptors (Lipinski definition) is 3. The van der Waals surface area contributed by atoms with Crippen molar-refractivity contribution in [1.29, 1.82) is 0 Å². The third-order valence-corrected chi connectivity index (χ3v) is 4.16. The summed E-state index contributed by atoms with van der Waals surface area (Å²) in [5.41, 5.74) is 3.80. The van der Waals surface area contributed by atoms with Crippen molar-refractivity contribution in [1.82, 2.24) is 15.2 Å². The fraction of sp³-hybridized carbons (Fsp3) is 0.312. The van der Waals surface area contributed by atoms with Gasteiger partial charge in [0.1, 0.15) is 0 Å². The van der Waals surface area contributed by atoms with Crippen molar-refractivity contribution in [3.8, 4) is 0 Å². The van der Waals surface area contributed by atoms with E-state index in [0.29, 0.717) is 11.6 Å². The van der Waals surface area contributed by atoms with Gasteiger partial charge in [0.15, 0.2) is 0 Å². The summed E-state index contributed by atoms with van der Waals surface area (Å²) >= 11 is 5.85. The molecule has 1 aliphatic carbocycles. The molecule has 3 rings (SSSR count). The maximum absolute atomic E-state index is 13.7. The molecule has 23 heavy (non-hydrogen) atoms. The Labute approximate surface area is 138 Å². The van der Waals surface area contributed by atoms with Crippen LogP contribution in [0.2, 0.25) is 5.02 Å². The molecule has 0 aliphatic heterocycles. The van der Waals surface area contributed by atoms with Crippen LogP contribution in [0.5, 0.6) is 0 Å². The van der Waals surface area contributed by atoms with Crippen LogP contribution in [0.1, 0.15) is 30.4 Å². The van der Waals surface area contributed by atoms with Crippen LogP contribution in [0.3, 0.4) is 0 Å². The number of aromatic nitrogens is 2. The lowest BCUT2D eigenvalue weighted by Crippen LogP contribution is -2.20. The van der Waals surface area contributed by atoms with Crippen LogP contribution >= 0.6 is 11.6 Å². The van der Waals surface area contributed by atoms with E-state index in [-0.39, 0.29) is 23.3 Å². The fourth-order valence-electron chi connectivity index (χ4n) is 2.50. The van der Waals surface area contributed by atoms with Crippen LogP contribution in [0, 0.1) is 11.9 Å². The summed E-state index contributed by atoms with van der Waals surface area (Å²) in [6.45, 7) is 2.24. The van der Waals surface area contributed by atoms with E-state index in [9.17, 15) is 9.18 Å². The molecule has 0 bridgehead atoms. The summed E-state index contributed by atoms with van der Waals surface area (Å²) in [4.78, 5) is 12.0. The lowest BCUT2D eigenvalue weighted by Gasteiger charge is -2.00. The van der Waals surface area contributed by atoms with Gasteiger partial charge in [-0.15, -0.1) is 0 Å². The first-order valence-electron chi connectivity index (χ1n) is 7.39. The molecule has 7 heteroatoms. The monoisotopic (exact) mass is 334 g/mol. The minimum absolute atomic E-state index is 0.100. The van der Waals surface area contributed by atoms with Gasteiger partial charge in [-0.3, -0.25) is 4.79 Å². The van der Waals surface area contributed by atoms with Crippen LogP contribution in [0.15, 0.2) is 35.6 Å². The number of carbonyl (C=O) groups is 1. The van der Waals surface area contributed by atoms with Crippen molar-refractivity contribution in [2.24, 2.45) is 11.0 Å². The van der Waals surface area contributed by atoms with E-state index < -0.39 is 5.95 Å². The van der Waals surface area contributed by atoms with E-state index in [4.69, 9.17) is 11.6 Å². The Bertz CT molecular complexity index is 741. The van der Waals surface area contributed by atoms with Gasteiger partial charge in [0.05, 0.1) is 18.0 Å². The van der Waals surface area contributed by atoms with Crippen molar-refractivity contribution in [2.75, 3.05) is 0 Å². The van der Waals surface area contributed by atoms with Crippen LogP contribution in [0.25, 0.3) is 0 Å². The Balaban J connectivity index is 1.55. The molecule has 0 saturated heterocycles. The summed E-state index contributed by atoms with van der Waals surface area (Å²) in [5, 5.41) is 8.36.